The van der Waals surface area contributed by atoms with Crippen molar-refractivity contribution in [1.29, 1.82) is 0 Å². The van der Waals surface area contributed by atoms with Gasteiger partial charge >= 0.3 is 17.8 Å². The number of esters is 1. The van der Waals surface area contributed by atoms with E-state index in [-0.39, 0.29) is 38.0 Å². The number of ether oxygens (including phenoxy) is 2. The number of alkyl halides is 3. The van der Waals surface area contributed by atoms with Crippen LogP contribution in [0.25, 0.3) is 0 Å². The lowest BCUT2D eigenvalue weighted by Crippen LogP contribution is -2.43. The first kappa shape index (κ1) is 32.4. The minimum absolute atomic E-state index is 0.0434. The maximum atomic E-state index is 13.3. The van der Waals surface area contributed by atoms with Crippen LogP contribution in [0, 0.1) is 0 Å². The van der Waals surface area contributed by atoms with Crippen molar-refractivity contribution >= 4 is 11.8 Å². The smallest absolute Gasteiger partial charge is 0.389 e. The predicted molar refractivity (Wildman–Crippen MR) is 153 cm³/mol. The van der Waals surface area contributed by atoms with Gasteiger partial charge in [0, 0.05) is 19.0 Å². The molecule has 2 aromatic carbocycles. The summed E-state index contributed by atoms with van der Waals surface area (Å²) >= 11 is 0. The fraction of sp³-hybridized carbons (Fsp3) is 0.467. The topological polar surface area (TPSA) is 104 Å². The van der Waals surface area contributed by atoms with Gasteiger partial charge in [-0.05, 0) is 70.2 Å². The third-order valence-electron chi connectivity index (χ3n) is 6.42. The van der Waals surface area contributed by atoms with Crippen LogP contribution in [0.3, 0.4) is 0 Å². The van der Waals surface area contributed by atoms with Crippen LogP contribution >= 0.6 is 0 Å². The van der Waals surface area contributed by atoms with E-state index in [9.17, 15) is 27.6 Å². The second-order valence-corrected chi connectivity index (χ2v) is 10.5. The first-order chi connectivity index (χ1) is 19.8. The van der Waals surface area contributed by atoms with Crippen LogP contribution in [0.1, 0.15) is 58.1 Å². The second-order valence-electron chi connectivity index (χ2n) is 10.5. The van der Waals surface area contributed by atoms with Crippen molar-refractivity contribution in [2.24, 2.45) is 0 Å². The normalized spacial score (nSPS) is 12.5. The van der Waals surface area contributed by atoms with E-state index in [2.05, 4.69) is 10.4 Å². The number of anilines is 1. The number of aromatic nitrogens is 3. The molecule has 0 spiro atoms. The van der Waals surface area contributed by atoms with Gasteiger partial charge in [-0.25, -0.2) is 14.3 Å². The lowest BCUT2D eigenvalue weighted by molar-refractivity contribution is -0.158. The van der Waals surface area contributed by atoms with E-state index in [1.165, 1.54) is 0 Å². The SMILES string of the molecule is CCOC(=O)C(C)(C)Oc1cccc(CCC(C)Nc2nn(CCCC(F)(F)F)c(=O)n(Cc3ccccc3)c2=O)c1. The fourth-order valence-electron chi connectivity index (χ4n) is 4.23. The number of halogens is 3. The predicted octanol–water partition coefficient (Wildman–Crippen LogP) is 4.95. The van der Waals surface area contributed by atoms with Crippen molar-refractivity contribution in [2.75, 3.05) is 11.9 Å². The van der Waals surface area contributed by atoms with Gasteiger partial charge in [-0.15, -0.1) is 5.10 Å². The van der Waals surface area contributed by atoms with Crippen LogP contribution in [0.15, 0.2) is 64.2 Å². The summed E-state index contributed by atoms with van der Waals surface area (Å²) in [6.45, 7) is 6.73. The minimum Gasteiger partial charge on any atom is -0.476 e. The summed E-state index contributed by atoms with van der Waals surface area (Å²) in [4.78, 5) is 38.5. The first-order valence-corrected chi connectivity index (χ1v) is 13.8. The Kier molecular flexibility index (Phi) is 11.0. The van der Waals surface area contributed by atoms with Crippen LogP contribution in [-0.4, -0.2) is 44.7 Å². The van der Waals surface area contributed by atoms with Crippen LogP contribution in [0.5, 0.6) is 5.75 Å². The van der Waals surface area contributed by atoms with Gasteiger partial charge in [-0.3, -0.25) is 9.36 Å². The van der Waals surface area contributed by atoms with Gasteiger partial charge in [0.05, 0.1) is 13.2 Å². The zero-order valence-electron chi connectivity index (χ0n) is 24.2. The monoisotopic (exact) mass is 590 g/mol. The highest BCUT2D eigenvalue weighted by Gasteiger charge is 2.31. The number of aryl methyl sites for hydroxylation is 2. The molecule has 0 saturated heterocycles. The molecule has 1 aromatic heterocycles. The molecule has 0 aliphatic carbocycles. The molecule has 228 valence electrons. The number of carbonyl (C=O) groups excluding carboxylic acids is 1. The Hall–Kier alpha value is -4.09. The molecule has 0 saturated carbocycles. The lowest BCUT2D eigenvalue weighted by atomic mass is 10.1. The van der Waals surface area contributed by atoms with Crippen molar-refractivity contribution in [3.05, 3.63) is 86.6 Å². The highest BCUT2D eigenvalue weighted by molar-refractivity contribution is 5.79. The molecule has 3 rings (SSSR count). The van der Waals surface area contributed by atoms with E-state index in [1.54, 1.807) is 57.2 Å². The minimum atomic E-state index is -4.37. The second kappa shape index (κ2) is 14.2. The zero-order valence-corrected chi connectivity index (χ0v) is 24.2. The van der Waals surface area contributed by atoms with Crippen LogP contribution in [-0.2, 0) is 29.0 Å². The van der Waals surface area contributed by atoms with Crippen molar-refractivity contribution in [3.63, 3.8) is 0 Å². The quantitative estimate of drug-likeness (QED) is 0.265. The molecule has 0 aliphatic rings. The third-order valence-corrected chi connectivity index (χ3v) is 6.42. The van der Waals surface area contributed by atoms with Crippen molar-refractivity contribution in [1.82, 2.24) is 14.3 Å². The Bertz CT molecular complexity index is 1450. The highest BCUT2D eigenvalue weighted by atomic mass is 19.4. The van der Waals surface area contributed by atoms with Crippen molar-refractivity contribution in [3.8, 4) is 5.75 Å². The van der Waals surface area contributed by atoms with Gasteiger partial charge in [0.25, 0.3) is 5.56 Å². The maximum absolute atomic E-state index is 13.3. The van der Waals surface area contributed by atoms with E-state index in [1.807, 2.05) is 25.1 Å². The molecular weight excluding hydrogens is 553 g/mol. The Morgan fingerprint density at radius 2 is 1.74 bits per heavy atom. The molecule has 1 unspecified atom stereocenters. The Morgan fingerprint density at radius 1 is 1.05 bits per heavy atom. The van der Waals surface area contributed by atoms with E-state index < -0.39 is 35.4 Å². The molecule has 0 aliphatic heterocycles. The van der Waals surface area contributed by atoms with Crippen LogP contribution in [0.4, 0.5) is 19.0 Å². The fourth-order valence-corrected chi connectivity index (χ4v) is 4.23. The first-order valence-electron chi connectivity index (χ1n) is 13.8. The molecule has 0 amide bonds. The van der Waals surface area contributed by atoms with Crippen molar-refractivity contribution in [2.45, 2.75) is 84.3 Å². The van der Waals surface area contributed by atoms with Gasteiger partial charge < -0.3 is 14.8 Å². The molecule has 1 atom stereocenters. The van der Waals surface area contributed by atoms with Gasteiger partial charge in [0.1, 0.15) is 5.75 Å². The molecule has 3 aromatic rings. The Morgan fingerprint density at radius 3 is 2.40 bits per heavy atom. The summed E-state index contributed by atoms with van der Waals surface area (Å²) in [6.07, 6.45) is -4.65. The number of carbonyl (C=O) groups is 1. The van der Waals surface area contributed by atoms with Crippen LogP contribution < -0.4 is 21.3 Å². The summed E-state index contributed by atoms with van der Waals surface area (Å²) in [7, 11) is 0. The number of hydrogen-bond donors (Lipinski definition) is 1. The molecular formula is C30H37F3N4O5. The molecule has 0 radical (unpaired) electrons. The molecule has 9 nitrogen and oxygen atoms in total. The third kappa shape index (κ3) is 9.49. The summed E-state index contributed by atoms with van der Waals surface area (Å²) in [5, 5.41) is 7.15. The summed E-state index contributed by atoms with van der Waals surface area (Å²) in [5.41, 5.74) is -0.978. The van der Waals surface area contributed by atoms with Crippen LogP contribution in [0.2, 0.25) is 0 Å². The van der Waals surface area contributed by atoms with Gasteiger partial charge in [-0.1, -0.05) is 42.5 Å². The lowest BCUT2D eigenvalue weighted by Gasteiger charge is -2.24. The largest absolute Gasteiger partial charge is 0.476 e. The van der Waals surface area contributed by atoms with Gasteiger partial charge in [0.2, 0.25) is 5.82 Å². The molecule has 0 bridgehead atoms. The summed E-state index contributed by atoms with van der Waals surface area (Å²) in [6, 6.07) is 15.8. The number of nitrogens with one attached hydrogen (secondary N) is 1. The number of nitrogens with zero attached hydrogens (tertiary/aromatic N) is 3. The highest BCUT2D eigenvalue weighted by Crippen LogP contribution is 2.23. The van der Waals surface area contributed by atoms with Gasteiger partial charge in [0.15, 0.2) is 5.60 Å². The molecule has 1 heterocycles. The standard InChI is InChI=1S/C30H37F3N4O5/c1-5-41-27(39)29(3,4)42-24-14-9-13-22(19-24)16-15-21(2)34-25-26(38)36(20-23-11-7-6-8-12-23)28(40)37(35-25)18-10-17-30(31,32)33/h6-9,11-14,19,21H,5,10,15-18,20H2,1-4H3,(H,34,35). The number of rotatable bonds is 14. The molecule has 12 heteroatoms. The van der Waals surface area contributed by atoms with E-state index in [0.29, 0.717) is 24.2 Å². The summed E-state index contributed by atoms with van der Waals surface area (Å²) < 4.78 is 51.0. The van der Waals surface area contributed by atoms with E-state index in [4.69, 9.17) is 9.47 Å². The molecule has 0 fully saturated rings. The van der Waals surface area contributed by atoms with Crippen molar-refractivity contribution < 1.29 is 27.4 Å². The zero-order chi connectivity index (χ0) is 30.9. The van der Waals surface area contributed by atoms with Gasteiger partial charge in [-0.2, -0.15) is 13.2 Å². The molecule has 42 heavy (non-hydrogen) atoms. The average Bonchev–Trinajstić information content (AvgIpc) is 2.92. The number of benzene rings is 2. The Labute approximate surface area is 242 Å². The average molecular weight is 591 g/mol. The van der Waals surface area contributed by atoms with E-state index in [0.717, 1.165) is 14.8 Å². The molecule has 1 N–H and O–H groups in total. The number of hydrogen-bond acceptors (Lipinski definition) is 7. The summed E-state index contributed by atoms with van der Waals surface area (Å²) in [5.74, 6) is -0.0840. The maximum Gasteiger partial charge on any atom is 0.389 e. The Balaban J connectivity index is 1.76. The van der Waals surface area contributed by atoms with E-state index >= 15 is 0 Å².